The summed E-state index contributed by atoms with van der Waals surface area (Å²) < 4.78 is 11.6. The van der Waals surface area contributed by atoms with E-state index in [-0.39, 0.29) is 23.8 Å². The van der Waals surface area contributed by atoms with Crippen LogP contribution in [0.2, 0.25) is 0 Å². The molecular weight excluding hydrogens is 446 g/mol. The fourth-order valence-electron chi connectivity index (χ4n) is 4.90. The van der Waals surface area contributed by atoms with Crippen molar-refractivity contribution in [2.24, 2.45) is 5.92 Å². The average molecular weight is 484 g/mol. The lowest BCUT2D eigenvalue weighted by molar-refractivity contribution is -0.132. The van der Waals surface area contributed by atoms with Crippen molar-refractivity contribution in [1.29, 1.82) is 0 Å². The molecule has 0 saturated carbocycles. The van der Waals surface area contributed by atoms with Crippen molar-refractivity contribution in [3.63, 3.8) is 0 Å². The number of carbonyl (C=O) groups is 2. The van der Waals surface area contributed by atoms with Crippen molar-refractivity contribution < 1.29 is 18.8 Å². The van der Waals surface area contributed by atoms with Crippen LogP contribution in [0.15, 0.2) is 34.9 Å². The number of benzene rings is 1. The molecular formula is C26H37N5O4. The van der Waals surface area contributed by atoms with Crippen molar-refractivity contribution in [2.75, 3.05) is 38.2 Å². The molecule has 3 heterocycles. The lowest BCUT2D eigenvalue weighted by Crippen LogP contribution is -2.58. The van der Waals surface area contributed by atoms with Gasteiger partial charge in [0.1, 0.15) is 11.6 Å². The van der Waals surface area contributed by atoms with Gasteiger partial charge in [-0.3, -0.25) is 9.59 Å². The zero-order valence-corrected chi connectivity index (χ0v) is 21.2. The van der Waals surface area contributed by atoms with E-state index < -0.39 is 5.54 Å². The van der Waals surface area contributed by atoms with Crippen molar-refractivity contribution in [1.82, 2.24) is 20.4 Å². The molecule has 2 aliphatic heterocycles. The Bertz CT molecular complexity index is 1000. The van der Waals surface area contributed by atoms with Gasteiger partial charge in [-0.25, -0.2) is 0 Å². The summed E-state index contributed by atoms with van der Waals surface area (Å²) in [6.07, 6.45) is 3.75. The Morgan fingerprint density at radius 1 is 1.26 bits per heavy atom. The molecule has 0 radical (unpaired) electrons. The van der Waals surface area contributed by atoms with Crippen LogP contribution in [0.4, 0.5) is 6.01 Å². The van der Waals surface area contributed by atoms with Gasteiger partial charge in [0.15, 0.2) is 5.82 Å². The number of rotatable bonds is 9. The van der Waals surface area contributed by atoms with Gasteiger partial charge in [-0.15, -0.1) is 0 Å². The molecule has 1 aromatic carbocycles. The molecule has 2 aliphatic rings. The van der Waals surface area contributed by atoms with Crippen LogP contribution >= 0.6 is 0 Å². The third-order valence-corrected chi connectivity index (χ3v) is 7.19. The van der Waals surface area contributed by atoms with E-state index in [4.69, 9.17) is 9.26 Å². The van der Waals surface area contributed by atoms with Crippen LogP contribution < -0.4 is 10.2 Å². The topological polar surface area (TPSA) is 101 Å². The Morgan fingerprint density at radius 2 is 1.97 bits per heavy atom. The number of anilines is 1. The molecule has 4 rings (SSSR count). The third kappa shape index (κ3) is 5.66. The average Bonchev–Trinajstić information content (AvgIpc) is 3.43. The van der Waals surface area contributed by atoms with Gasteiger partial charge in [-0.2, -0.15) is 4.98 Å². The van der Waals surface area contributed by atoms with Gasteiger partial charge in [0.2, 0.25) is 0 Å². The van der Waals surface area contributed by atoms with Crippen LogP contribution in [0, 0.1) is 5.92 Å². The van der Waals surface area contributed by atoms with Gasteiger partial charge in [-0.05, 0) is 50.7 Å². The monoisotopic (exact) mass is 483 g/mol. The van der Waals surface area contributed by atoms with Crippen LogP contribution in [-0.2, 0) is 9.53 Å². The maximum Gasteiger partial charge on any atom is 0.324 e. The minimum absolute atomic E-state index is 0.124. The number of carbonyl (C=O) groups excluding carboxylic acids is 2. The normalized spacial score (nSPS) is 23.3. The van der Waals surface area contributed by atoms with Crippen molar-refractivity contribution in [3.05, 3.63) is 41.7 Å². The molecule has 9 nitrogen and oxygen atoms in total. The zero-order valence-electron chi connectivity index (χ0n) is 21.2. The highest BCUT2D eigenvalue weighted by Gasteiger charge is 2.51. The summed E-state index contributed by atoms with van der Waals surface area (Å²) in [4.78, 5) is 33.9. The van der Waals surface area contributed by atoms with E-state index in [1.54, 1.807) is 31.0 Å². The van der Waals surface area contributed by atoms with Crippen LogP contribution in [0.1, 0.15) is 68.6 Å². The van der Waals surface area contributed by atoms with Crippen LogP contribution in [-0.4, -0.2) is 71.8 Å². The molecule has 190 valence electrons. The van der Waals surface area contributed by atoms with E-state index in [0.29, 0.717) is 30.6 Å². The smallest absolute Gasteiger partial charge is 0.324 e. The van der Waals surface area contributed by atoms with E-state index in [1.165, 1.54) is 0 Å². The van der Waals surface area contributed by atoms with Crippen LogP contribution in [0.25, 0.3) is 0 Å². The first kappa shape index (κ1) is 25.2. The molecule has 1 unspecified atom stereocenters. The second-order valence-electron chi connectivity index (χ2n) is 10.2. The molecule has 0 aliphatic carbocycles. The Kier molecular flexibility index (Phi) is 7.74. The molecule has 2 atom stereocenters. The summed E-state index contributed by atoms with van der Waals surface area (Å²) in [5.41, 5.74) is -0.548. The van der Waals surface area contributed by atoms with E-state index in [9.17, 15) is 9.59 Å². The predicted octanol–water partition coefficient (Wildman–Crippen LogP) is 3.24. The van der Waals surface area contributed by atoms with Crippen LogP contribution in [0.5, 0.6) is 0 Å². The Morgan fingerprint density at radius 3 is 2.63 bits per heavy atom. The minimum Gasteiger partial charge on any atom is -0.373 e. The lowest BCUT2D eigenvalue weighted by Gasteiger charge is -2.31. The highest BCUT2D eigenvalue weighted by Crippen LogP contribution is 2.28. The molecule has 2 amide bonds. The van der Waals surface area contributed by atoms with Crippen molar-refractivity contribution in [2.45, 2.75) is 64.0 Å². The van der Waals surface area contributed by atoms with E-state index in [2.05, 4.69) is 34.2 Å². The molecule has 2 fully saturated rings. The number of aromatic nitrogens is 2. The van der Waals surface area contributed by atoms with Crippen molar-refractivity contribution in [3.8, 4) is 0 Å². The van der Waals surface area contributed by atoms with E-state index in [0.717, 1.165) is 44.6 Å². The first-order chi connectivity index (χ1) is 16.8. The number of likely N-dealkylation sites (tertiary alicyclic amines) is 1. The third-order valence-electron chi connectivity index (χ3n) is 7.19. The Labute approximate surface area is 207 Å². The summed E-state index contributed by atoms with van der Waals surface area (Å²) in [6.45, 7) is 8.73. The first-order valence-electron chi connectivity index (χ1n) is 12.6. The number of hydrogen-bond acceptors (Lipinski definition) is 7. The lowest BCUT2D eigenvalue weighted by atomic mass is 9.92. The zero-order chi connectivity index (χ0) is 25.0. The number of nitrogens with zero attached hydrogens (tertiary/aromatic N) is 4. The first-order valence-corrected chi connectivity index (χ1v) is 12.6. The van der Waals surface area contributed by atoms with Crippen molar-refractivity contribution >= 4 is 17.8 Å². The molecule has 35 heavy (non-hydrogen) atoms. The van der Waals surface area contributed by atoms with E-state index in [1.807, 2.05) is 18.2 Å². The summed E-state index contributed by atoms with van der Waals surface area (Å²) in [5, 5.41) is 7.01. The highest BCUT2D eigenvalue weighted by molar-refractivity contribution is 6.00. The van der Waals surface area contributed by atoms with E-state index >= 15 is 0 Å². The van der Waals surface area contributed by atoms with Gasteiger partial charge < -0.3 is 24.4 Å². The largest absolute Gasteiger partial charge is 0.373 e. The number of likely N-dealkylation sites (N-methyl/N-ethyl adjacent to an activating group) is 1. The summed E-state index contributed by atoms with van der Waals surface area (Å²) in [7, 11) is 1.75. The number of amides is 2. The number of ether oxygens (including phenoxy) is 1. The predicted molar refractivity (Wildman–Crippen MR) is 132 cm³/mol. The Balaban J connectivity index is 1.23. The molecule has 2 aromatic rings. The van der Waals surface area contributed by atoms with Crippen LogP contribution in [0.3, 0.4) is 0 Å². The summed E-state index contributed by atoms with van der Waals surface area (Å²) in [6, 6.07) is 9.58. The fourth-order valence-corrected chi connectivity index (χ4v) is 4.90. The maximum atomic E-state index is 12.9. The summed E-state index contributed by atoms with van der Waals surface area (Å²) >= 11 is 0. The second-order valence-corrected chi connectivity index (χ2v) is 10.2. The van der Waals surface area contributed by atoms with Gasteiger partial charge >= 0.3 is 6.01 Å². The molecule has 1 N–H and O–H groups in total. The molecule has 0 bridgehead atoms. The summed E-state index contributed by atoms with van der Waals surface area (Å²) in [5.74, 6) is 1.25. The Hall–Kier alpha value is -2.94. The molecule has 9 heteroatoms. The standard InChI is InChI=1S/C26H37N5O4/c1-18(2)22-27-25(35-29-22)31-14-12-19(13-15-31)9-8-16-34-21-17-30(4)24(33)26(21,3)28-23(32)20-10-6-5-7-11-20/h5-7,10-11,18-19,21H,8-9,12-17H2,1-4H3,(H,28,32)/t21?,26-/m0/s1. The molecule has 1 aromatic heterocycles. The number of piperidine rings is 1. The fraction of sp³-hybridized carbons (Fsp3) is 0.615. The number of hydrogen-bond donors (Lipinski definition) is 1. The quantitative estimate of drug-likeness (QED) is 0.547. The molecule has 2 saturated heterocycles. The SMILES string of the molecule is CC(C)c1noc(N2CCC(CCCOC3CN(C)C(=O)[C@@]3(C)NC(=O)c3ccccc3)CC2)n1. The van der Waals surface area contributed by atoms with Gasteiger partial charge in [0.05, 0.1) is 0 Å². The minimum atomic E-state index is -1.08. The molecule has 0 spiro atoms. The maximum absolute atomic E-state index is 12.9. The van der Waals surface area contributed by atoms with Gasteiger partial charge in [-0.1, -0.05) is 37.2 Å². The number of nitrogens with one attached hydrogen (secondary N) is 1. The van der Waals surface area contributed by atoms with Gasteiger partial charge in [0, 0.05) is 44.8 Å². The second kappa shape index (κ2) is 10.8. The highest BCUT2D eigenvalue weighted by atomic mass is 16.5. The van der Waals surface area contributed by atoms with Gasteiger partial charge in [0.25, 0.3) is 11.8 Å².